The van der Waals surface area contributed by atoms with E-state index in [9.17, 15) is 4.79 Å². The summed E-state index contributed by atoms with van der Waals surface area (Å²) in [5.41, 5.74) is 1.85. The summed E-state index contributed by atoms with van der Waals surface area (Å²) in [5, 5.41) is 6.97. The number of nitrogens with one attached hydrogen (secondary N) is 2. The lowest BCUT2D eigenvalue weighted by molar-refractivity contribution is -0.116. The summed E-state index contributed by atoms with van der Waals surface area (Å²) in [4.78, 5) is 11.9. The molecule has 0 spiro atoms. The fourth-order valence-electron chi connectivity index (χ4n) is 2.25. The van der Waals surface area contributed by atoms with E-state index in [4.69, 9.17) is 11.6 Å². The normalized spacial score (nSPS) is 17.9. The molecule has 1 atom stereocenters. The topological polar surface area (TPSA) is 41.1 Å². The lowest BCUT2D eigenvalue weighted by atomic mass is 10.1. The molecular weight excluding hydrogens is 283 g/mol. The summed E-state index contributed by atoms with van der Waals surface area (Å²) in [5.74, 6) is 0.0640. The molecule has 0 aliphatic carbocycles. The van der Waals surface area contributed by atoms with Crippen LogP contribution in [0.4, 0.5) is 5.69 Å². The maximum absolute atomic E-state index is 11.9. The van der Waals surface area contributed by atoms with Gasteiger partial charge in [-0.2, -0.15) is 0 Å². The number of hydrogen-bond donors (Lipinski definition) is 2. The highest BCUT2D eigenvalue weighted by molar-refractivity contribution is 6.31. The third kappa shape index (κ3) is 5.01. The van der Waals surface area contributed by atoms with Crippen LogP contribution in [0.1, 0.15) is 31.2 Å². The molecule has 1 aliphatic rings. The van der Waals surface area contributed by atoms with Crippen molar-refractivity contribution in [3.63, 3.8) is 0 Å². The van der Waals surface area contributed by atoms with Gasteiger partial charge >= 0.3 is 0 Å². The molecule has 1 aliphatic heterocycles. The molecule has 19 heavy (non-hydrogen) atoms. The second-order valence-corrected chi connectivity index (χ2v) is 5.28. The van der Waals surface area contributed by atoms with Crippen LogP contribution in [0.25, 0.3) is 0 Å². The molecule has 1 amide bonds. The molecule has 2 rings (SSSR count). The van der Waals surface area contributed by atoms with E-state index in [0.717, 1.165) is 24.2 Å². The first-order chi connectivity index (χ1) is 8.65. The van der Waals surface area contributed by atoms with E-state index in [2.05, 4.69) is 10.6 Å². The first-order valence-corrected chi connectivity index (χ1v) is 6.82. The Bertz CT molecular complexity index is 431. The smallest absolute Gasteiger partial charge is 0.224 e. The number of carbonyl (C=O) groups excluding carboxylic acids is 1. The second kappa shape index (κ2) is 7.73. The summed E-state index contributed by atoms with van der Waals surface area (Å²) in [6, 6.07) is 6.05. The Morgan fingerprint density at radius 2 is 2.32 bits per heavy atom. The number of amides is 1. The number of anilines is 1. The van der Waals surface area contributed by atoms with Crippen LogP contribution >= 0.6 is 24.0 Å². The number of halogens is 2. The molecular formula is C14H20Cl2N2O. The van der Waals surface area contributed by atoms with Crippen molar-refractivity contribution >= 4 is 35.6 Å². The molecule has 1 heterocycles. The van der Waals surface area contributed by atoms with Crippen LogP contribution in [0.15, 0.2) is 18.2 Å². The molecule has 0 radical (unpaired) electrons. The summed E-state index contributed by atoms with van der Waals surface area (Å²) >= 11 is 5.92. The Morgan fingerprint density at radius 1 is 1.53 bits per heavy atom. The van der Waals surface area contributed by atoms with Crippen LogP contribution in [0.3, 0.4) is 0 Å². The van der Waals surface area contributed by atoms with Gasteiger partial charge in [0.15, 0.2) is 0 Å². The van der Waals surface area contributed by atoms with E-state index in [-0.39, 0.29) is 18.3 Å². The number of rotatable bonds is 4. The molecule has 0 saturated carbocycles. The zero-order chi connectivity index (χ0) is 13.0. The Balaban J connectivity index is 0.00000180. The predicted molar refractivity (Wildman–Crippen MR) is 82.3 cm³/mol. The second-order valence-electron chi connectivity index (χ2n) is 4.84. The summed E-state index contributed by atoms with van der Waals surface area (Å²) in [6.45, 7) is 3.05. The molecule has 1 aromatic carbocycles. The van der Waals surface area contributed by atoms with Gasteiger partial charge in [-0.3, -0.25) is 4.79 Å². The number of aryl methyl sites for hydroxylation is 1. The van der Waals surface area contributed by atoms with Gasteiger partial charge in [0.2, 0.25) is 5.91 Å². The van der Waals surface area contributed by atoms with Gasteiger partial charge in [0, 0.05) is 23.2 Å². The van der Waals surface area contributed by atoms with Crippen LogP contribution in [0, 0.1) is 6.92 Å². The van der Waals surface area contributed by atoms with Crippen molar-refractivity contribution in [2.24, 2.45) is 0 Å². The highest BCUT2D eigenvalue weighted by Crippen LogP contribution is 2.20. The molecule has 106 valence electrons. The number of hydrogen-bond acceptors (Lipinski definition) is 2. The average molecular weight is 303 g/mol. The Hall–Kier alpha value is -0.770. The quantitative estimate of drug-likeness (QED) is 0.893. The Morgan fingerprint density at radius 3 is 3.00 bits per heavy atom. The van der Waals surface area contributed by atoms with Gasteiger partial charge < -0.3 is 10.6 Å². The van der Waals surface area contributed by atoms with E-state index in [1.54, 1.807) is 6.07 Å². The molecule has 0 aromatic heterocycles. The van der Waals surface area contributed by atoms with Crippen LogP contribution in [0.5, 0.6) is 0 Å². The highest BCUT2D eigenvalue weighted by Gasteiger charge is 2.15. The fraction of sp³-hybridized carbons (Fsp3) is 0.500. The minimum atomic E-state index is 0. The summed E-state index contributed by atoms with van der Waals surface area (Å²) in [6.07, 6.45) is 3.87. The minimum absolute atomic E-state index is 0. The molecule has 1 saturated heterocycles. The van der Waals surface area contributed by atoms with Gasteiger partial charge in [-0.15, -0.1) is 12.4 Å². The monoisotopic (exact) mass is 302 g/mol. The van der Waals surface area contributed by atoms with E-state index in [1.165, 1.54) is 12.8 Å². The van der Waals surface area contributed by atoms with Crippen LogP contribution < -0.4 is 10.6 Å². The van der Waals surface area contributed by atoms with Gasteiger partial charge in [-0.1, -0.05) is 17.7 Å². The van der Waals surface area contributed by atoms with Crippen molar-refractivity contribution < 1.29 is 4.79 Å². The molecule has 3 nitrogen and oxygen atoms in total. The average Bonchev–Trinajstić information content (AvgIpc) is 2.84. The zero-order valence-corrected chi connectivity index (χ0v) is 12.6. The summed E-state index contributed by atoms with van der Waals surface area (Å²) < 4.78 is 0. The van der Waals surface area contributed by atoms with Gasteiger partial charge in [0.1, 0.15) is 0 Å². The molecule has 0 bridgehead atoms. The van der Waals surface area contributed by atoms with Crippen LogP contribution in [0.2, 0.25) is 5.02 Å². The molecule has 2 N–H and O–H groups in total. The van der Waals surface area contributed by atoms with Gasteiger partial charge in [-0.05, 0) is 50.4 Å². The zero-order valence-electron chi connectivity index (χ0n) is 11.0. The molecule has 1 aromatic rings. The number of carbonyl (C=O) groups is 1. The van der Waals surface area contributed by atoms with Crippen molar-refractivity contribution in [1.29, 1.82) is 0 Å². The summed E-state index contributed by atoms with van der Waals surface area (Å²) in [7, 11) is 0. The van der Waals surface area contributed by atoms with Crippen molar-refractivity contribution in [3.05, 3.63) is 28.8 Å². The Kier molecular flexibility index (Phi) is 6.63. The highest BCUT2D eigenvalue weighted by atomic mass is 35.5. The third-order valence-electron chi connectivity index (χ3n) is 3.36. The standard InChI is InChI=1S/C14H19ClN2O.ClH/c1-10-4-5-11(15)9-13(10)17-14(18)7-6-12-3-2-8-16-12;/h4-5,9,12,16H,2-3,6-8H2,1H3,(H,17,18);1H. The lowest BCUT2D eigenvalue weighted by Crippen LogP contribution is -2.23. The van der Waals surface area contributed by atoms with Crippen molar-refractivity contribution in [2.45, 2.75) is 38.6 Å². The van der Waals surface area contributed by atoms with E-state index in [0.29, 0.717) is 17.5 Å². The van der Waals surface area contributed by atoms with E-state index >= 15 is 0 Å². The minimum Gasteiger partial charge on any atom is -0.326 e. The van der Waals surface area contributed by atoms with Crippen LogP contribution in [-0.2, 0) is 4.79 Å². The lowest BCUT2D eigenvalue weighted by Gasteiger charge is -2.11. The van der Waals surface area contributed by atoms with Crippen molar-refractivity contribution in [1.82, 2.24) is 5.32 Å². The molecule has 1 unspecified atom stereocenters. The first kappa shape index (κ1) is 16.3. The fourth-order valence-corrected chi connectivity index (χ4v) is 2.42. The predicted octanol–water partition coefficient (Wildman–Crippen LogP) is 3.54. The number of benzene rings is 1. The van der Waals surface area contributed by atoms with Gasteiger partial charge in [0.05, 0.1) is 0 Å². The van der Waals surface area contributed by atoms with E-state index < -0.39 is 0 Å². The SMILES string of the molecule is Cc1ccc(Cl)cc1NC(=O)CCC1CCCN1.Cl. The molecule has 5 heteroatoms. The van der Waals surface area contributed by atoms with Gasteiger partial charge in [0.25, 0.3) is 0 Å². The molecule has 1 fully saturated rings. The third-order valence-corrected chi connectivity index (χ3v) is 3.59. The maximum Gasteiger partial charge on any atom is 0.224 e. The van der Waals surface area contributed by atoms with E-state index in [1.807, 2.05) is 19.1 Å². The van der Waals surface area contributed by atoms with Crippen molar-refractivity contribution in [3.8, 4) is 0 Å². The maximum atomic E-state index is 11.9. The first-order valence-electron chi connectivity index (χ1n) is 6.44. The Labute approximate surface area is 125 Å². The van der Waals surface area contributed by atoms with Crippen LogP contribution in [-0.4, -0.2) is 18.5 Å². The largest absolute Gasteiger partial charge is 0.326 e. The van der Waals surface area contributed by atoms with Crippen molar-refractivity contribution in [2.75, 3.05) is 11.9 Å². The van der Waals surface area contributed by atoms with Gasteiger partial charge in [-0.25, -0.2) is 0 Å².